The van der Waals surface area contributed by atoms with E-state index in [4.69, 9.17) is 5.84 Å². The Morgan fingerprint density at radius 1 is 1.43 bits per heavy atom. The fraction of sp³-hybridized carbons (Fsp3) is 0.500. The molecule has 1 aromatic rings. The summed E-state index contributed by atoms with van der Waals surface area (Å²) in [6, 6.07) is 2.91. The molecular formula is C12H21N5O3S. The second-order valence-electron chi connectivity index (χ2n) is 4.55. The van der Waals surface area contributed by atoms with Crippen molar-refractivity contribution in [3.05, 3.63) is 18.3 Å². The summed E-state index contributed by atoms with van der Waals surface area (Å²) in [5.74, 6) is 5.33. The van der Waals surface area contributed by atoms with Gasteiger partial charge in [-0.25, -0.2) is 24.0 Å². The standard InChI is InChI=1S/C12H21N5O3S/c1-3-9(2)16-12(18)6-7-15-21(19,20)10-4-5-11(17-13)14-8-10/h4-5,8-9,15H,3,6-7,13H2,1-2H3,(H,14,17)(H,16,18). The molecule has 0 bridgehead atoms. The van der Waals surface area contributed by atoms with E-state index in [0.29, 0.717) is 5.82 Å². The zero-order valence-corrected chi connectivity index (χ0v) is 12.9. The second kappa shape index (κ2) is 7.91. The quantitative estimate of drug-likeness (QED) is 0.393. The van der Waals surface area contributed by atoms with Gasteiger partial charge in [0.1, 0.15) is 10.7 Å². The molecule has 1 unspecified atom stereocenters. The lowest BCUT2D eigenvalue weighted by Gasteiger charge is -2.11. The molecule has 1 aromatic heterocycles. The maximum Gasteiger partial charge on any atom is 0.242 e. The number of hydrogen-bond donors (Lipinski definition) is 4. The molecule has 5 N–H and O–H groups in total. The minimum atomic E-state index is -3.68. The van der Waals surface area contributed by atoms with Crippen LogP contribution in [0.5, 0.6) is 0 Å². The molecule has 0 saturated carbocycles. The van der Waals surface area contributed by atoms with Crippen molar-refractivity contribution < 1.29 is 13.2 Å². The number of nitrogens with two attached hydrogens (primary N) is 1. The Hall–Kier alpha value is -1.71. The number of hydrogen-bond acceptors (Lipinski definition) is 6. The van der Waals surface area contributed by atoms with Crippen LogP contribution < -0.4 is 21.3 Å². The highest BCUT2D eigenvalue weighted by molar-refractivity contribution is 7.89. The average Bonchev–Trinajstić information content (AvgIpc) is 2.46. The monoisotopic (exact) mass is 315 g/mol. The molecule has 0 aliphatic heterocycles. The zero-order valence-electron chi connectivity index (χ0n) is 12.1. The van der Waals surface area contributed by atoms with Gasteiger partial charge < -0.3 is 10.7 Å². The van der Waals surface area contributed by atoms with Crippen molar-refractivity contribution in [2.24, 2.45) is 5.84 Å². The van der Waals surface area contributed by atoms with Gasteiger partial charge in [-0.15, -0.1) is 0 Å². The number of sulfonamides is 1. The van der Waals surface area contributed by atoms with Gasteiger partial charge in [0.25, 0.3) is 0 Å². The van der Waals surface area contributed by atoms with Crippen LogP contribution in [0.1, 0.15) is 26.7 Å². The smallest absolute Gasteiger partial charge is 0.242 e. The molecule has 0 saturated heterocycles. The Kier molecular flexibility index (Phi) is 6.53. The van der Waals surface area contributed by atoms with E-state index < -0.39 is 10.0 Å². The molecule has 0 fully saturated rings. The molecule has 8 nitrogen and oxygen atoms in total. The van der Waals surface area contributed by atoms with Crippen LogP contribution >= 0.6 is 0 Å². The Morgan fingerprint density at radius 2 is 2.14 bits per heavy atom. The number of anilines is 1. The molecule has 21 heavy (non-hydrogen) atoms. The highest BCUT2D eigenvalue weighted by Gasteiger charge is 2.15. The van der Waals surface area contributed by atoms with Crippen LogP contribution in [0.25, 0.3) is 0 Å². The zero-order chi connectivity index (χ0) is 15.9. The summed E-state index contributed by atoms with van der Waals surface area (Å²) in [6.07, 6.45) is 2.10. The van der Waals surface area contributed by atoms with Crippen molar-refractivity contribution in [1.82, 2.24) is 15.0 Å². The summed E-state index contributed by atoms with van der Waals surface area (Å²) in [5, 5.41) is 2.76. The first-order chi connectivity index (χ1) is 9.89. The molecule has 0 radical (unpaired) electrons. The van der Waals surface area contributed by atoms with Crippen LogP contribution in [0.3, 0.4) is 0 Å². The van der Waals surface area contributed by atoms with Gasteiger partial charge in [0, 0.05) is 25.2 Å². The van der Waals surface area contributed by atoms with Gasteiger partial charge in [-0.2, -0.15) is 0 Å². The van der Waals surface area contributed by atoms with Crippen LogP contribution in [0.4, 0.5) is 5.82 Å². The molecule has 0 aromatic carbocycles. The number of nitrogen functional groups attached to an aromatic ring is 1. The van der Waals surface area contributed by atoms with E-state index in [9.17, 15) is 13.2 Å². The Balaban J connectivity index is 2.51. The van der Waals surface area contributed by atoms with E-state index in [1.54, 1.807) is 0 Å². The molecule has 1 atom stereocenters. The Bertz CT molecular complexity index is 559. The van der Waals surface area contributed by atoms with Crippen molar-refractivity contribution in [1.29, 1.82) is 0 Å². The van der Waals surface area contributed by atoms with Crippen LogP contribution in [-0.4, -0.2) is 31.9 Å². The lowest BCUT2D eigenvalue weighted by atomic mass is 10.2. The third kappa shape index (κ3) is 5.66. The number of carbonyl (C=O) groups is 1. The van der Waals surface area contributed by atoms with Crippen molar-refractivity contribution in [2.75, 3.05) is 12.0 Å². The van der Waals surface area contributed by atoms with Gasteiger partial charge in [0.15, 0.2) is 0 Å². The molecule has 0 aliphatic carbocycles. The summed E-state index contributed by atoms with van der Waals surface area (Å²) in [7, 11) is -3.68. The molecule has 1 heterocycles. The van der Waals surface area contributed by atoms with E-state index in [2.05, 4.69) is 20.4 Å². The third-order valence-corrected chi connectivity index (χ3v) is 4.30. The highest BCUT2D eigenvalue weighted by Crippen LogP contribution is 2.09. The fourth-order valence-corrected chi connectivity index (χ4v) is 2.43. The predicted molar refractivity (Wildman–Crippen MR) is 79.7 cm³/mol. The highest BCUT2D eigenvalue weighted by atomic mass is 32.2. The van der Waals surface area contributed by atoms with Crippen LogP contribution in [-0.2, 0) is 14.8 Å². The molecule has 0 spiro atoms. The third-order valence-electron chi connectivity index (χ3n) is 2.86. The van der Waals surface area contributed by atoms with Gasteiger partial charge in [-0.1, -0.05) is 6.92 Å². The maximum absolute atomic E-state index is 12.0. The van der Waals surface area contributed by atoms with Crippen LogP contribution in [0.2, 0.25) is 0 Å². The number of hydrazine groups is 1. The summed E-state index contributed by atoms with van der Waals surface area (Å²) in [6.45, 7) is 3.88. The number of carbonyl (C=O) groups excluding carboxylic acids is 1. The number of nitrogens with one attached hydrogen (secondary N) is 3. The number of rotatable bonds is 8. The Labute approximate surface area is 124 Å². The lowest BCUT2D eigenvalue weighted by Crippen LogP contribution is -2.35. The molecule has 0 aliphatic rings. The van der Waals surface area contributed by atoms with Crippen molar-refractivity contribution >= 4 is 21.7 Å². The maximum atomic E-state index is 12.0. The predicted octanol–water partition coefficient (Wildman–Crippen LogP) is -0.0497. The van der Waals surface area contributed by atoms with Crippen molar-refractivity contribution in [2.45, 2.75) is 37.6 Å². The number of amides is 1. The second-order valence-corrected chi connectivity index (χ2v) is 6.32. The van der Waals surface area contributed by atoms with E-state index in [0.717, 1.165) is 6.42 Å². The fourth-order valence-electron chi connectivity index (χ4n) is 1.46. The van der Waals surface area contributed by atoms with Gasteiger partial charge in [-0.3, -0.25) is 4.79 Å². The van der Waals surface area contributed by atoms with Crippen LogP contribution in [0.15, 0.2) is 23.2 Å². The van der Waals surface area contributed by atoms with Gasteiger partial charge in [-0.05, 0) is 25.5 Å². The first-order valence-electron chi connectivity index (χ1n) is 6.60. The summed E-state index contributed by atoms with van der Waals surface area (Å²) < 4.78 is 26.3. The van der Waals surface area contributed by atoms with Gasteiger partial charge in [0.2, 0.25) is 15.9 Å². The average molecular weight is 315 g/mol. The summed E-state index contributed by atoms with van der Waals surface area (Å²) in [5.41, 5.74) is 2.31. The molecule has 1 rings (SSSR count). The lowest BCUT2D eigenvalue weighted by molar-refractivity contribution is -0.121. The summed E-state index contributed by atoms with van der Waals surface area (Å²) >= 11 is 0. The number of aromatic nitrogens is 1. The SMILES string of the molecule is CCC(C)NC(=O)CCNS(=O)(=O)c1ccc(NN)nc1. The molecular weight excluding hydrogens is 294 g/mol. The first kappa shape index (κ1) is 17.3. The topological polar surface area (TPSA) is 126 Å². The molecule has 1 amide bonds. The first-order valence-corrected chi connectivity index (χ1v) is 8.09. The molecule has 118 valence electrons. The van der Waals surface area contributed by atoms with E-state index >= 15 is 0 Å². The van der Waals surface area contributed by atoms with Crippen molar-refractivity contribution in [3.63, 3.8) is 0 Å². The Morgan fingerprint density at radius 3 is 2.67 bits per heavy atom. The van der Waals surface area contributed by atoms with E-state index in [1.165, 1.54) is 18.3 Å². The van der Waals surface area contributed by atoms with Gasteiger partial charge in [0.05, 0.1) is 0 Å². The normalized spacial score (nSPS) is 12.7. The largest absolute Gasteiger partial charge is 0.354 e. The minimum absolute atomic E-state index is 0.0174. The van der Waals surface area contributed by atoms with Crippen molar-refractivity contribution in [3.8, 4) is 0 Å². The molecule has 9 heteroatoms. The van der Waals surface area contributed by atoms with E-state index in [1.807, 2.05) is 13.8 Å². The van der Waals surface area contributed by atoms with E-state index in [-0.39, 0.29) is 29.8 Å². The summed E-state index contributed by atoms with van der Waals surface area (Å²) in [4.78, 5) is 15.4. The van der Waals surface area contributed by atoms with Gasteiger partial charge >= 0.3 is 0 Å². The minimum Gasteiger partial charge on any atom is -0.354 e. The van der Waals surface area contributed by atoms with Crippen LogP contribution in [0, 0.1) is 0 Å². The number of pyridine rings is 1. The number of nitrogens with zero attached hydrogens (tertiary/aromatic N) is 1.